The van der Waals surface area contributed by atoms with Crippen molar-refractivity contribution < 1.29 is 9.18 Å². The van der Waals surface area contributed by atoms with Crippen LogP contribution in [0.1, 0.15) is 29.0 Å². The van der Waals surface area contributed by atoms with Gasteiger partial charge in [0, 0.05) is 12.4 Å². The molecule has 1 atom stereocenters. The molecule has 0 aliphatic carbocycles. The monoisotopic (exact) mass is 317 g/mol. The van der Waals surface area contributed by atoms with Gasteiger partial charge in [0.25, 0.3) is 5.91 Å². The summed E-state index contributed by atoms with van der Waals surface area (Å²) < 4.78 is 14.6. The van der Waals surface area contributed by atoms with Gasteiger partial charge >= 0.3 is 0 Å². The fourth-order valence-electron chi connectivity index (χ4n) is 2.18. The number of amides is 1. The fraction of sp³-hybridized carbons (Fsp3) is 0.125. The van der Waals surface area contributed by atoms with Crippen molar-refractivity contribution in [3.05, 3.63) is 70.9 Å². The van der Waals surface area contributed by atoms with E-state index in [1.807, 2.05) is 6.92 Å². The third-order valence-electron chi connectivity index (χ3n) is 3.37. The van der Waals surface area contributed by atoms with Gasteiger partial charge in [-0.15, -0.1) is 0 Å². The number of rotatable bonds is 3. The highest BCUT2D eigenvalue weighted by molar-refractivity contribution is 6.30. The van der Waals surface area contributed by atoms with Crippen LogP contribution in [0.15, 0.2) is 48.8 Å². The molecule has 3 rings (SSSR count). The van der Waals surface area contributed by atoms with E-state index in [-0.39, 0.29) is 17.8 Å². The van der Waals surface area contributed by atoms with E-state index in [9.17, 15) is 9.18 Å². The minimum atomic E-state index is -0.306. The Balaban J connectivity index is 1.79. The summed E-state index contributed by atoms with van der Waals surface area (Å²) in [5.41, 5.74) is 1.77. The van der Waals surface area contributed by atoms with Crippen LogP contribution in [0.4, 0.5) is 4.39 Å². The van der Waals surface area contributed by atoms with Gasteiger partial charge in [0.1, 0.15) is 17.2 Å². The summed E-state index contributed by atoms with van der Waals surface area (Å²) in [5, 5.41) is 3.40. The molecule has 0 saturated carbocycles. The van der Waals surface area contributed by atoms with Gasteiger partial charge in [-0.3, -0.25) is 4.79 Å². The lowest BCUT2D eigenvalue weighted by molar-refractivity contribution is 0.0935. The summed E-state index contributed by atoms with van der Waals surface area (Å²) in [6, 6.07) is 9.22. The first-order valence-corrected chi connectivity index (χ1v) is 7.11. The lowest BCUT2D eigenvalue weighted by Gasteiger charge is -2.13. The number of nitrogens with one attached hydrogen (secondary N) is 1. The molecule has 22 heavy (non-hydrogen) atoms. The second-order valence-electron chi connectivity index (χ2n) is 4.99. The normalized spacial score (nSPS) is 12.3. The number of aromatic nitrogens is 2. The van der Waals surface area contributed by atoms with Crippen molar-refractivity contribution >= 4 is 23.2 Å². The summed E-state index contributed by atoms with van der Waals surface area (Å²) in [5.74, 6) is -0.601. The number of hydrogen-bond acceptors (Lipinski definition) is 2. The maximum absolute atomic E-state index is 12.9. The zero-order valence-electron chi connectivity index (χ0n) is 11.8. The molecule has 1 aromatic carbocycles. The molecule has 0 spiro atoms. The summed E-state index contributed by atoms with van der Waals surface area (Å²) in [6.45, 7) is 1.83. The zero-order chi connectivity index (χ0) is 15.7. The first-order valence-electron chi connectivity index (χ1n) is 6.73. The first kappa shape index (κ1) is 14.5. The second kappa shape index (κ2) is 5.77. The summed E-state index contributed by atoms with van der Waals surface area (Å²) in [4.78, 5) is 16.5. The van der Waals surface area contributed by atoms with Gasteiger partial charge in [0.2, 0.25) is 0 Å². The number of halogens is 2. The highest BCUT2D eigenvalue weighted by Crippen LogP contribution is 2.15. The Kier molecular flexibility index (Phi) is 3.81. The maximum atomic E-state index is 12.9. The van der Waals surface area contributed by atoms with Gasteiger partial charge < -0.3 is 9.72 Å². The Hall–Kier alpha value is -2.40. The van der Waals surface area contributed by atoms with Crippen LogP contribution < -0.4 is 5.32 Å². The molecule has 0 fully saturated rings. The minimum Gasteiger partial charge on any atom is -0.344 e. The molecule has 0 unspecified atom stereocenters. The molecular weight excluding hydrogens is 305 g/mol. The van der Waals surface area contributed by atoms with E-state index in [1.165, 1.54) is 12.1 Å². The van der Waals surface area contributed by atoms with Crippen LogP contribution in [0.2, 0.25) is 5.02 Å². The molecule has 1 amide bonds. The van der Waals surface area contributed by atoms with Gasteiger partial charge in [-0.2, -0.15) is 0 Å². The average molecular weight is 318 g/mol. The van der Waals surface area contributed by atoms with Crippen molar-refractivity contribution in [3.63, 3.8) is 0 Å². The molecule has 112 valence electrons. The topological polar surface area (TPSA) is 46.4 Å². The number of fused-ring (bicyclic) bond motifs is 1. The zero-order valence-corrected chi connectivity index (χ0v) is 12.5. The molecule has 0 aliphatic heterocycles. The molecule has 0 bridgehead atoms. The third-order valence-corrected chi connectivity index (χ3v) is 3.59. The number of imidazole rings is 1. The Labute approximate surface area is 131 Å². The van der Waals surface area contributed by atoms with E-state index >= 15 is 0 Å². The van der Waals surface area contributed by atoms with Crippen LogP contribution in [0, 0.1) is 5.82 Å². The highest BCUT2D eigenvalue weighted by Gasteiger charge is 2.14. The number of hydrogen-bond donors (Lipinski definition) is 1. The van der Waals surface area contributed by atoms with Crippen LogP contribution in [0.3, 0.4) is 0 Å². The summed E-state index contributed by atoms with van der Waals surface area (Å²) in [7, 11) is 0. The van der Waals surface area contributed by atoms with E-state index in [0.717, 1.165) is 5.56 Å². The lowest BCUT2D eigenvalue weighted by atomic mass is 10.1. The number of benzene rings is 1. The Morgan fingerprint density at radius 1 is 1.23 bits per heavy atom. The van der Waals surface area contributed by atoms with E-state index in [4.69, 9.17) is 11.6 Å². The molecule has 0 radical (unpaired) electrons. The lowest BCUT2D eigenvalue weighted by Crippen LogP contribution is -2.26. The van der Waals surface area contributed by atoms with Gasteiger partial charge in [-0.25, -0.2) is 9.37 Å². The SMILES string of the molecule is C[C@H](NC(=O)c1cn2cc(Cl)ccc2n1)c1ccc(F)cc1. The number of carbonyl (C=O) groups is 1. The van der Waals surface area contributed by atoms with Gasteiger partial charge in [0.15, 0.2) is 0 Å². The molecule has 2 heterocycles. The summed E-state index contributed by atoms with van der Waals surface area (Å²) in [6.07, 6.45) is 3.30. The van der Waals surface area contributed by atoms with E-state index < -0.39 is 0 Å². The van der Waals surface area contributed by atoms with Crippen LogP contribution in [0.25, 0.3) is 5.65 Å². The van der Waals surface area contributed by atoms with Gasteiger partial charge in [-0.1, -0.05) is 23.7 Å². The highest BCUT2D eigenvalue weighted by atomic mass is 35.5. The third kappa shape index (κ3) is 2.94. The molecule has 6 heteroatoms. The molecule has 1 N–H and O–H groups in total. The van der Waals surface area contributed by atoms with Crippen molar-refractivity contribution in [1.29, 1.82) is 0 Å². The van der Waals surface area contributed by atoms with Crippen LogP contribution in [-0.4, -0.2) is 15.3 Å². The van der Waals surface area contributed by atoms with Gasteiger partial charge in [0.05, 0.1) is 11.1 Å². The molecule has 2 aromatic heterocycles. The van der Waals surface area contributed by atoms with Crippen LogP contribution >= 0.6 is 11.6 Å². The Bertz CT molecular complexity index is 829. The van der Waals surface area contributed by atoms with Crippen LogP contribution in [-0.2, 0) is 0 Å². The van der Waals surface area contributed by atoms with Crippen molar-refractivity contribution in [2.24, 2.45) is 0 Å². The summed E-state index contributed by atoms with van der Waals surface area (Å²) >= 11 is 5.90. The molecule has 0 saturated heterocycles. The quantitative estimate of drug-likeness (QED) is 0.802. The molecule has 3 aromatic rings. The number of nitrogens with zero attached hydrogens (tertiary/aromatic N) is 2. The second-order valence-corrected chi connectivity index (χ2v) is 5.42. The molecule has 0 aliphatic rings. The van der Waals surface area contributed by atoms with Crippen molar-refractivity contribution in [3.8, 4) is 0 Å². The van der Waals surface area contributed by atoms with Crippen molar-refractivity contribution in [2.75, 3.05) is 0 Å². The van der Waals surface area contributed by atoms with E-state index in [2.05, 4.69) is 10.3 Å². The maximum Gasteiger partial charge on any atom is 0.271 e. The van der Waals surface area contributed by atoms with Gasteiger partial charge in [-0.05, 0) is 36.8 Å². The predicted octanol–water partition coefficient (Wildman–Crippen LogP) is 3.62. The fourth-order valence-corrected chi connectivity index (χ4v) is 2.35. The Morgan fingerprint density at radius 2 is 1.95 bits per heavy atom. The minimum absolute atomic E-state index is 0.249. The predicted molar refractivity (Wildman–Crippen MR) is 82.5 cm³/mol. The molecular formula is C16H13ClFN3O. The number of carbonyl (C=O) groups excluding carboxylic acids is 1. The average Bonchev–Trinajstić information content (AvgIpc) is 2.91. The largest absolute Gasteiger partial charge is 0.344 e. The van der Waals surface area contributed by atoms with Crippen molar-refractivity contribution in [2.45, 2.75) is 13.0 Å². The van der Waals surface area contributed by atoms with E-state index in [0.29, 0.717) is 16.4 Å². The standard InChI is InChI=1S/C16H13ClFN3O/c1-10(11-2-5-13(18)6-3-11)19-16(22)14-9-21-8-12(17)4-7-15(21)20-14/h2-10H,1H3,(H,19,22)/t10-/m0/s1. The Morgan fingerprint density at radius 3 is 2.68 bits per heavy atom. The van der Waals surface area contributed by atoms with Crippen LogP contribution in [0.5, 0.6) is 0 Å². The van der Waals surface area contributed by atoms with Crippen molar-refractivity contribution in [1.82, 2.24) is 14.7 Å². The molecule has 4 nitrogen and oxygen atoms in total. The smallest absolute Gasteiger partial charge is 0.271 e. The van der Waals surface area contributed by atoms with E-state index in [1.54, 1.807) is 41.1 Å². The number of pyridine rings is 1. The first-order chi connectivity index (χ1) is 10.5.